The van der Waals surface area contributed by atoms with Crippen molar-refractivity contribution in [3.63, 3.8) is 0 Å². The Morgan fingerprint density at radius 1 is 1.26 bits per heavy atom. The number of imidazole rings is 1. The Bertz CT molecular complexity index is 720. The first-order valence-electron chi connectivity index (χ1n) is 8.66. The number of carbonyl (C=O) groups excluding carboxylic acids is 1. The Morgan fingerprint density at radius 3 is 2.87 bits per heavy atom. The number of hydrogen-bond donors (Lipinski definition) is 2. The van der Waals surface area contributed by atoms with Crippen LogP contribution in [0.2, 0.25) is 0 Å². The predicted octanol–water partition coefficient (Wildman–Crippen LogP) is 2.49. The highest BCUT2D eigenvalue weighted by Crippen LogP contribution is 2.40. The van der Waals surface area contributed by atoms with Crippen molar-refractivity contribution in [3.05, 3.63) is 35.9 Å². The van der Waals surface area contributed by atoms with Crippen LogP contribution in [-0.2, 0) is 0 Å². The standard InChI is InChI=1S/C18H23N3O2/c22-11-13-5-1-2-6-14(13)19-18(23)16-15-7-3-4-10-21(15)17(20-16)12-8-9-12/h3-4,7,10,12-14,22H,1-2,5-6,8-9,11H2,(H,19,23). The predicted molar refractivity (Wildman–Crippen MR) is 87.5 cm³/mol. The maximum absolute atomic E-state index is 12.8. The fourth-order valence-electron chi connectivity index (χ4n) is 3.71. The van der Waals surface area contributed by atoms with Crippen LogP contribution in [0.15, 0.2) is 24.4 Å². The van der Waals surface area contributed by atoms with Crippen LogP contribution >= 0.6 is 0 Å². The molecule has 2 aliphatic carbocycles. The van der Waals surface area contributed by atoms with Gasteiger partial charge in [-0.2, -0.15) is 0 Å². The molecular weight excluding hydrogens is 290 g/mol. The summed E-state index contributed by atoms with van der Waals surface area (Å²) in [4.78, 5) is 17.4. The summed E-state index contributed by atoms with van der Waals surface area (Å²) >= 11 is 0. The third-order valence-corrected chi connectivity index (χ3v) is 5.19. The van der Waals surface area contributed by atoms with Gasteiger partial charge in [0.05, 0.1) is 5.52 Å². The van der Waals surface area contributed by atoms with Crippen LogP contribution < -0.4 is 5.32 Å². The van der Waals surface area contributed by atoms with Crippen LogP contribution in [0.4, 0.5) is 0 Å². The summed E-state index contributed by atoms with van der Waals surface area (Å²) in [6.07, 6.45) is 8.48. The summed E-state index contributed by atoms with van der Waals surface area (Å²) in [5, 5.41) is 12.7. The second kappa shape index (κ2) is 5.96. The number of carbonyl (C=O) groups is 1. The van der Waals surface area contributed by atoms with E-state index in [2.05, 4.69) is 14.7 Å². The molecule has 2 aliphatic rings. The van der Waals surface area contributed by atoms with E-state index in [9.17, 15) is 9.90 Å². The number of nitrogens with zero attached hydrogens (tertiary/aromatic N) is 2. The van der Waals surface area contributed by atoms with Crippen LogP contribution in [0.1, 0.15) is 60.8 Å². The van der Waals surface area contributed by atoms with Gasteiger partial charge in [0, 0.05) is 30.7 Å². The van der Waals surface area contributed by atoms with Gasteiger partial charge < -0.3 is 14.8 Å². The second-order valence-electron chi connectivity index (χ2n) is 6.86. The SMILES string of the molecule is O=C(NC1CCCCC1CO)c1nc(C2CC2)n2ccccc12. The van der Waals surface area contributed by atoms with Crippen LogP contribution in [0.3, 0.4) is 0 Å². The maximum atomic E-state index is 12.8. The summed E-state index contributed by atoms with van der Waals surface area (Å²) in [5.41, 5.74) is 1.40. The summed E-state index contributed by atoms with van der Waals surface area (Å²) in [6.45, 7) is 0.141. The lowest BCUT2D eigenvalue weighted by molar-refractivity contribution is 0.0869. The van der Waals surface area contributed by atoms with E-state index in [0.29, 0.717) is 11.6 Å². The minimum atomic E-state index is -0.106. The molecule has 23 heavy (non-hydrogen) atoms. The lowest BCUT2D eigenvalue weighted by atomic mass is 9.85. The maximum Gasteiger partial charge on any atom is 0.272 e. The number of pyridine rings is 1. The molecular formula is C18H23N3O2. The van der Waals surface area contributed by atoms with Crippen molar-refractivity contribution in [2.24, 2.45) is 5.92 Å². The fourth-order valence-corrected chi connectivity index (χ4v) is 3.71. The van der Waals surface area contributed by atoms with Gasteiger partial charge >= 0.3 is 0 Å². The number of amides is 1. The Morgan fingerprint density at radius 2 is 2.09 bits per heavy atom. The minimum absolute atomic E-state index is 0.0612. The molecule has 0 aliphatic heterocycles. The quantitative estimate of drug-likeness (QED) is 0.911. The molecule has 2 aromatic heterocycles. The molecule has 5 heteroatoms. The van der Waals surface area contributed by atoms with Gasteiger partial charge in [-0.05, 0) is 37.8 Å². The Balaban J connectivity index is 1.62. The van der Waals surface area contributed by atoms with E-state index in [1.165, 1.54) is 0 Å². The van der Waals surface area contributed by atoms with Gasteiger partial charge in [-0.1, -0.05) is 18.9 Å². The van der Waals surface area contributed by atoms with E-state index in [1.54, 1.807) is 0 Å². The number of aromatic nitrogens is 2. The van der Waals surface area contributed by atoms with Crippen molar-refractivity contribution in [2.75, 3.05) is 6.61 Å². The number of fused-ring (bicyclic) bond motifs is 1. The van der Waals surface area contributed by atoms with Crippen LogP contribution in [0.25, 0.3) is 5.52 Å². The van der Waals surface area contributed by atoms with Crippen molar-refractivity contribution < 1.29 is 9.90 Å². The molecule has 2 atom stereocenters. The topological polar surface area (TPSA) is 66.6 Å². The first-order chi connectivity index (χ1) is 11.3. The molecule has 2 fully saturated rings. The molecule has 0 radical (unpaired) electrons. The van der Waals surface area contributed by atoms with Gasteiger partial charge in [0.2, 0.25) is 0 Å². The molecule has 0 aromatic carbocycles. The fraction of sp³-hybridized carbons (Fsp3) is 0.556. The Kier molecular flexibility index (Phi) is 3.81. The average molecular weight is 313 g/mol. The zero-order valence-corrected chi connectivity index (χ0v) is 13.2. The highest BCUT2D eigenvalue weighted by Gasteiger charge is 2.32. The van der Waals surface area contributed by atoms with E-state index in [4.69, 9.17) is 0 Å². The van der Waals surface area contributed by atoms with Gasteiger partial charge in [-0.3, -0.25) is 4.79 Å². The highest BCUT2D eigenvalue weighted by molar-refractivity contribution is 5.99. The first-order valence-corrected chi connectivity index (χ1v) is 8.66. The zero-order chi connectivity index (χ0) is 15.8. The van der Waals surface area contributed by atoms with Crippen LogP contribution in [0, 0.1) is 5.92 Å². The van der Waals surface area contributed by atoms with E-state index >= 15 is 0 Å². The van der Waals surface area contributed by atoms with E-state index in [-0.39, 0.29) is 24.5 Å². The number of nitrogens with one attached hydrogen (secondary N) is 1. The molecule has 0 spiro atoms. The first kappa shape index (κ1) is 14.7. The molecule has 2 saturated carbocycles. The van der Waals surface area contributed by atoms with Crippen molar-refractivity contribution in [2.45, 2.75) is 50.5 Å². The van der Waals surface area contributed by atoms with Crippen molar-refractivity contribution >= 4 is 11.4 Å². The number of rotatable bonds is 4. The third kappa shape index (κ3) is 2.74. The second-order valence-corrected chi connectivity index (χ2v) is 6.86. The molecule has 5 nitrogen and oxygen atoms in total. The summed E-state index contributed by atoms with van der Waals surface area (Å²) in [6, 6.07) is 5.94. The Hall–Kier alpha value is -1.88. The number of hydrogen-bond acceptors (Lipinski definition) is 3. The highest BCUT2D eigenvalue weighted by atomic mass is 16.3. The van der Waals surface area contributed by atoms with Crippen molar-refractivity contribution in [1.29, 1.82) is 0 Å². The third-order valence-electron chi connectivity index (χ3n) is 5.19. The van der Waals surface area contributed by atoms with Gasteiger partial charge in [0.25, 0.3) is 5.91 Å². The molecule has 4 rings (SSSR count). The smallest absolute Gasteiger partial charge is 0.272 e. The normalized spacial score (nSPS) is 24.7. The van der Waals surface area contributed by atoms with Crippen molar-refractivity contribution in [1.82, 2.24) is 14.7 Å². The van der Waals surface area contributed by atoms with E-state index in [1.807, 2.05) is 24.4 Å². The lowest BCUT2D eigenvalue weighted by Crippen LogP contribution is -2.43. The molecule has 1 amide bonds. The number of aliphatic hydroxyl groups excluding tert-OH is 1. The zero-order valence-electron chi connectivity index (χ0n) is 13.2. The number of aliphatic hydroxyl groups is 1. The largest absolute Gasteiger partial charge is 0.396 e. The van der Waals surface area contributed by atoms with Gasteiger partial charge in [-0.25, -0.2) is 4.98 Å². The van der Waals surface area contributed by atoms with Gasteiger partial charge in [0.1, 0.15) is 5.82 Å². The monoisotopic (exact) mass is 313 g/mol. The minimum Gasteiger partial charge on any atom is -0.396 e. The van der Waals surface area contributed by atoms with Crippen LogP contribution in [-0.4, -0.2) is 33.0 Å². The van der Waals surface area contributed by atoms with E-state index < -0.39 is 0 Å². The lowest BCUT2D eigenvalue weighted by Gasteiger charge is -2.30. The molecule has 2 aromatic rings. The molecule has 0 saturated heterocycles. The summed E-state index contributed by atoms with van der Waals surface area (Å²) in [7, 11) is 0. The summed E-state index contributed by atoms with van der Waals surface area (Å²) in [5.74, 6) is 1.56. The van der Waals surface area contributed by atoms with Crippen molar-refractivity contribution in [3.8, 4) is 0 Å². The summed E-state index contributed by atoms with van der Waals surface area (Å²) < 4.78 is 2.05. The average Bonchev–Trinajstić information content (AvgIpc) is 3.35. The molecule has 0 bridgehead atoms. The van der Waals surface area contributed by atoms with Gasteiger partial charge in [-0.15, -0.1) is 0 Å². The van der Waals surface area contributed by atoms with Crippen LogP contribution in [0.5, 0.6) is 0 Å². The Labute approximate surface area is 135 Å². The van der Waals surface area contributed by atoms with E-state index in [0.717, 1.165) is 49.9 Å². The molecule has 122 valence electrons. The molecule has 2 N–H and O–H groups in total. The molecule has 2 unspecified atom stereocenters. The van der Waals surface area contributed by atoms with Gasteiger partial charge in [0.15, 0.2) is 5.69 Å². The molecule has 2 heterocycles.